The molecule has 1 saturated carbocycles. The van der Waals surface area contributed by atoms with Crippen LogP contribution in [0.2, 0.25) is 0 Å². The Morgan fingerprint density at radius 2 is 2.11 bits per heavy atom. The summed E-state index contributed by atoms with van der Waals surface area (Å²) in [6.07, 6.45) is -2.47. The maximum absolute atomic E-state index is 12.9. The molecule has 19 heavy (non-hydrogen) atoms. The third-order valence-electron chi connectivity index (χ3n) is 3.38. The lowest BCUT2D eigenvalue weighted by Gasteiger charge is -2.21. The zero-order valence-corrected chi connectivity index (χ0v) is 10.7. The third-order valence-corrected chi connectivity index (χ3v) is 3.38. The Balaban J connectivity index is 2.30. The van der Waals surface area contributed by atoms with Crippen molar-refractivity contribution in [3.8, 4) is 0 Å². The highest BCUT2D eigenvalue weighted by atomic mass is 19.4. The number of nitrogens with one attached hydrogen (secondary N) is 1. The molecule has 1 aliphatic rings. The minimum atomic E-state index is -4.50. The lowest BCUT2D eigenvalue weighted by molar-refractivity contribution is -0.144. The smallest absolute Gasteiger partial charge is 0.312 e. The van der Waals surface area contributed by atoms with Gasteiger partial charge in [0.05, 0.1) is 0 Å². The molecule has 0 spiro atoms. The number of halogens is 3. The highest BCUT2D eigenvalue weighted by Crippen LogP contribution is 2.34. The number of pyridine rings is 1. The van der Waals surface area contributed by atoms with Crippen molar-refractivity contribution in [1.82, 2.24) is 9.88 Å². The summed E-state index contributed by atoms with van der Waals surface area (Å²) in [6.45, 7) is 2.67. The van der Waals surface area contributed by atoms with Gasteiger partial charge in [-0.1, -0.05) is 13.0 Å². The van der Waals surface area contributed by atoms with Crippen molar-refractivity contribution in [2.75, 3.05) is 6.54 Å². The van der Waals surface area contributed by atoms with Crippen LogP contribution < -0.4 is 10.9 Å². The Kier molecular flexibility index (Phi) is 3.99. The first-order valence-corrected chi connectivity index (χ1v) is 6.44. The molecule has 0 bridgehead atoms. The fraction of sp³-hybridized carbons (Fsp3) is 0.615. The molecule has 0 radical (unpaired) electrons. The van der Waals surface area contributed by atoms with Crippen LogP contribution in [0.1, 0.15) is 25.5 Å². The van der Waals surface area contributed by atoms with Crippen LogP contribution in [0, 0.1) is 5.92 Å². The molecule has 1 atom stereocenters. The van der Waals surface area contributed by atoms with E-state index in [0.29, 0.717) is 12.5 Å². The Morgan fingerprint density at radius 3 is 2.63 bits per heavy atom. The Hall–Kier alpha value is -1.30. The minimum absolute atomic E-state index is 0.0637. The van der Waals surface area contributed by atoms with Crippen molar-refractivity contribution in [2.45, 2.75) is 38.5 Å². The molecular weight excluding hydrogens is 257 g/mol. The molecule has 1 heterocycles. The molecule has 3 nitrogen and oxygen atoms in total. The zero-order valence-electron chi connectivity index (χ0n) is 10.7. The van der Waals surface area contributed by atoms with E-state index in [4.69, 9.17) is 0 Å². The summed E-state index contributed by atoms with van der Waals surface area (Å²) in [7, 11) is 0. The van der Waals surface area contributed by atoms with Crippen LogP contribution in [-0.2, 0) is 12.7 Å². The maximum atomic E-state index is 12.9. The molecule has 2 rings (SSSR count). The zero-order chi connectivity index (χ0) is 14.0. The van der Waals surface area contributed by atoms with Crippen molar-refractivity contribution in [3.05, 3.63) is 34.2 Å². The predicted molar refractivity (Wildman–Crippen MR) is 65.9 cm³/mol. The van der Waals surface area contributed by atoms with Gasteiger partial charge in [-0.2, -0.15) is 13.2 Å². The van der Waals surface area contributed by atoms with Crippen molar-refractivity contribution < 1.29 is 13.2 Å². The molecule has 0 aromatic carbocycles. The van der Waals surface area contributed by atoms with Gasteiger partial charge in [0, 0.05) is 18.7 Å². The van der Waals surface area contributed by atoms with Crippen LogP contribution >= 0.6 is 0 Å². The molecule has 1 aliphatic carbocycles. The molecule has 1 fully saturated rings. The number of hydrogen-bond donors (Lipinski definition) is 1. The third kappa shape index (κ3) is 3.37. The fourth-order valence-corrected chi connectivity index (χ4v) is 2.29. The molecule has 1 N–H and O–H groups in total. The summed E-state index contributed by atoms with van der Waals surface area (Å²) in [5.41, 5.74) is -1.47. The van der Waals surface area contributed by atoms with E-state index >= 15 is 0 Å². The van der Waals surface area contributed by atoms with Gasteiger partial charge in [0.25, 0.3) is 5.56 Å². The number of rotatable bonds is 5. The van der Waals surface area contributed by atoms with E-state index in [0.717, 1.165) is 29.5 Å². The van der Waals surface area contributed by atoms with Gasteiger partial charge in [0.1, 0.15) is 5.69 Å². The number of likely N-dealkylation sites (N-methyl/N-ethyl adjacent to an activating group) is 1. The maximum Gasteiger partial charge on any atom is 0.431 e. The highest BCUT2D eigenvalue weighted by molar-refractivity contribution is 5.11. The normalized spacial score (nSPS) is 17.5. The average molecular weight is 274 g/mol. The lowest BCUT2D eigenvalue weighted by atomic mass is 10.1. The van der Waals surface area contributed by atoms with Gasteiger partial charge in [-0.05, 0) is 31.4 Å². The lowest BCUT2D eigenvalue weighted by Crippen LogP contribution is -2.40. The van der Waals surface area contributed by atoms with E-state index in [1.165, 1.54) is 6.07 Å². The van der Waals surface area contributed by atoms with E-state index in [9.17, 15) is 18.0 Å². The first-order valence-electron chi connectivity index (χ1n) is 6.44. The molecule has 0 saturated heterocycles. The van der Waals surface area contributed by atoms with Gasteiger partial charge in [-0.25, -0.2) is 0 Å². The Bertz CT molecular complexity index is 491. The van der Waals surface area contributed by atoms with Crippen LogP contribution in [0.5, 0.6) is 0 Å². The number of alkyl halides is 3. The summed E-state index contributed by atoms with van der Waals surface area (Å²) < 4.78 is 39.5. The number of nitrogens with zero attached hydrogens (tertiary/aromatic N) is 1. The largest absolute Gasteiger partial charge is 0.431 e. The fourth-order valence-electron chi connectivity index (χ4n) is 2.29. The molecule has 6 heteroatoms. The van der Waals surface area contributed by atoms with Gasteiger partial charge in [-0.15, -0.1) is 0 Å². The standard InChI is InChI=1S/C13H17F3N2O/c1-2-17-10(9-6-7-9)8-18-11(13(14,15)16)4-3-5-12(18)19/h3-5,9-10,17H,2,6-8H2,1H3. The predicted octanol–water partition coefficient (Wildman–Crippen LogP) is 2.26. The Morgan fingerprint density at radius 1 is 1.42 bits per heavy atom. The van der Waals surface area contributed by atoms with Crippen molar-refractivity contribution in [1.29, 1.82) is 0 Å². The van der Waals surface area contributed by atoms with Crippen molar-refractivity contribution in [2.24, 2.45) is 5.92 Å². The second kappa shape index (κ2) is 5.36. The van der Waals surface area contributed by atoms with Crippen molar-refractivity contribution in [3.63, 3.8) is 0 Å². The SMILES string of the molecule is CCNC(Cn1c(C(F)(F)F)cccc1=O)C1CC1. The van der Waals surface area contributed by atoms with Crippen molar-refractivity contribution >= 4 is 0 Å². The number of hydrogen-bond acceptors (Lipinski definition) is 2. The Labute approximate surface area is 109 Å². The molecule has 0 amide bonds. The van der Waals surface area contributed by atoms with E-state index in [1.807, 2.05) is 6.92 Å². The first kappa shape index (κ1) is 14.1. The molecule has 1 unspecified atom stereocenters. The van der Waals surface area contributed by atoms with E-state index in [1.54, 1.807) is 0 Å². The quantitative estimate of drug-likeness (QED) is 0.893. The van der Waals surface area contributed by atoms with Gasteiger partial charge in [0.15, 0.2) is 0 Å². The van der Waals surface area contributed by atoms with E-state index < -0.39 is 17.4 Å². The first-order chi connectivity index (χ1) is 8.93. The summed E-state index contributed by atoms with van der Waals surface area (Å²) in [4.78, 5) is 11.7. The second-order valence-electron chi connectivity index (χ2n) is 4.86. The molecular formula is C13H17F3N2O. The monoisotopic (exact) mass is 274 g/mol. The van der Waals surface area contributed by atoms with Crippen LogP contribution in [-0.4, -0.2) is 17.2 Å². The summed E-state index contributed by atoms with van der Waals surface area (Å²) in [5.74, 6) is 0.383. The summed E-state index contributed by atoms with van der Waals surface area (Å²) in [6, 6.07) is 3.22. The number of aromatic nitrogens is 1. The summed E-state index contributed by atoms with van der Waals surface area (Å²) in [5, 5.41) is 3.17. The average Bonchev–Trinajstić information content (AvgIpc) is 3.13. The minimum Gasteiger partial charge on any atom is -0.312 e. The van der Waals surface area contributed by atoms with Gasteiger partial charge >= 0.3 is 6.18 Å². The van der Waals surface area contributed by atoms with Crippen LogP contribution in [0.4, 0.5) is 13.2 Å². The van der Waals surface area contributed by atoms with Crippen LogP contribution in [0.15, 0.2) is 23.0 Å². The van der Waals surface area contributed by atoms with Crippen LogP contribution in [0.25, 0.3) is 0 Å². The van der Waals surface area contributed by atoms with E-state index in [2.05, 4.69) is 5.32 Å². The second-order valence-corrected chi connectivity index (χ2v) is 4.86. The van der Waals surface area contributed by atoms with Gasteiger partial charge < -0.3 is 9.88 Å². The van der Waals surface area contributed by atoms with Gasteiger partial charge in [0.2, 0.25) is 0 Å². The van der Waals surface area contributed by atoms with E-state index in [-0.39, 0.29) is 12.6 Å². The molecule has 106 valence electrons. The molecule has 0 aliphatic heterocycles. The summed E-state index contributed by atoms with van der Waals surface area (Å²) >= 11 is 0. The van der Waals surface area contributed by atoms with Crippen LogP contribution in [0.3, 0.4) is 0 Å². The highest BCUT2D eigenvalue weighted by Gasteiger charge is 2.36. The topological polar surface area (TPSA) is 34.0 Å². The molecule has 1 aromatic rings. The molecule has 1 aromatic heterocycles. The van der Waals surface area contributed by atoms with Gasteiger partial charge in [-0.3, -0.25) is 4.79 Å².